The number of aliphatic hydroxyl groups excluding tert-OH is 1. The smallest absolute Gasteiger partial charge is 0.0575 e. The van der Waals surface area contributed by atoms with Gasteiger partial charge in [-0.05, 0) is 24.1 Å². The van der Waals surface area contributed by atoms with Crippen molar-refractivity contribution in [2.75, 3.05) is 24.2 Å². The summed E-state index contributed by atoms with van der Waals surface area (Å²) in [4.78, 5) is 0. The number of nitrogens with two attached hydrogens (primary N) is 1. The lowest BCUT2D eigenvalue weighted by Gasteiger charge is -2.12. The first-order chi connectivity index (χ1) is 6.63. The molecule has 0 aliphatic heterocycles. The normalized spacial score (nSPS) is 12.5. The zero-order chi connectivity index (χ0) is 10.6. The maximum atomic E-state index is 8.83. The molecule has 14 heavy (non-hydrogen) atoms. The highest BCUT2D eigenvalue weighted by Crippen LogP contribution is 2.22. The molecule has 0 amide bonds. The number of hydrogen-bond acceptors (Lipinski definition) is 3. The van der Waals surface area contributed by atoms with Crippen LogP contribution in [0, 0.1) is 5.92 Å². The average Bonchev–Trinajstić information content (AvgIpc) is 2.16. The Bertz CT molecular complexity index is 304. The lowest BCUT2D eigenvalue weighted by atomic mass is 10.2. The number of hydrogen-bond donors (Lipinski definition) is 3. The Kier molecular flexibility index (Phi) is 4.04. The Morgan fingerprint density at radius 3 is 2.86 bits per heavy atom. The van der Waals surface area contributed by atoms with Gasteiger partial charge in [-0.3, -0.25) is 0 Å². The Labute approximate surface area is 88.9 Å². The van der Waals surface area contributed by atoms with E-state index in [1.165, 1.54) is 0 Å². The van der Waals surface area contributed by atoms with Crippen molar-refractivity contribution in [3.63, 3.8) is 0 Å². The molecule has 1 atom stereocenters. The predicted octanol–water partition coefficient (Wildman–Crippen LogP) is 1.96. The standard InChI is InChI=1S/C10H15ClN2O/c1-7(6-14)5-13-10-3-2-8(11)4-9(10)12/h2-4,7,13-14H,5-6,12H2,1H3. The molecule has 4 N–H and O–H groups in total. The van der Waals surface area contributed by atoms with Crippen LogP contribution in [0.2, 0.25) is 5.02 Å². The molecule has 0 heterocycles. The van der Waals surface area contributed by atoms with Gasteiger partial charge in [0.15, 0.2) is 0 Å². The van der Waals surface area contributed by atoms with Crippen LogP contribution < -0.4 is 11.1 Å². The van der Waals surface area contributed by atoms with E-state index in [4.69, 9.17) is 22.4 Å². The van der Waals surface area contributed by atoms with E-state index in [1.807, 2.05) is 13.0 Å². The number of benzene rings is 1. The first-order valence-corrected chi connectivity index (χ1v) is 4.91. The first-order valence-electron chi connectivity index (χ1n) is 4.53. The van der Waals surface area contributed by atoms with Gasteiger partial charge in [-0.25, -0.2) is 0 Å². The van der Waals surface area contributed by atoms with E-state index in [9.17, 15) is 0 Å². The minimum atomic E-state index is 0.167. The van der Waals surface area contributed by atoms with Gasteiger partial charge in [-0.15, -0.1) is 0 Å². The fraction of sp³-hybridized carbons (Fsp3) is 0.400. The second-order valence-electron chi connectivity index (χ2n) is 3.40. The molecule has 0 fully saturated rings. The van der Waals surface area contributed by atoms with Crippen LogP contribution in [-0.4, -0.2) is 18.3 Å². The van der Waals surface area contributed by atoms with Gasteiger partial charge >= 0.3 is 0 Å². The number of rotatable bonds is 4. The molecule has 78 valence electrons. The molecule has 3 nitrogen and oxygen atoms in total. The van der Waals surface area contributed by atoms with E-state index in [2.05, 4.69) is 5.32 Å². The van der Waals surface area contributed by atoms with Gasteiger partial charge in [-0.1, -0.05) is 18.5 Å². The minimum absolute atomic E-state index is 0.167. The third-order valence-corrected chi connectivity index (χ3v) is 2.20. The zero-order valence-electron chi connectivity index (χ0n) is 8.13. The van der Waals surface area contributed by atoms with Crippen LogP contribution >= 0.6 is 11.6 Å². The topological polar surface area (TPSA) is 58.3 Å². The van der Waals surface area contributed by atoms with Crippen LogP contribution in [0.15, 0.2) is 18.2 Å². The molecule has 0 saturated carbocycles. The number of halogens is 1. The lowest BCUT2D eigenvalue weighted by molar-refractivity contribution is 0.244. The second kappa shape index (κ2) is 5.08. The summed E-state index contributed by atoms with van der Waals surface area (Å²) in [6.07, 6.45) is 0. The maximum absolute atomic E-state index is 8.83. The quantitative estimate of drug-likeness (QED) is 0.672. The molecule has 0 bridgehead atoms. The third kappa shape index (κ3) is 3.09. The predicted molar refractivity (Wildman–Crippen MR) is 60.6 cm³/mol. The molecule has 0 aromatic heterocycles. The zero-order valence-corrected chi connectivity index (χ0v) is 8.88. The Morgan fingerprint density at radius 1 is 1.57 bits per heavy atom. The maximum Gasteiger partial charge on any atom is 0.0575 e. The van der Waals surface area contributed by atoms with Crippen LogP contribution in [0.4, 0.5) is 11.4 Å². The SMILES string of the molecule is CC(CO)CNc1ccc(Cl)cc1N. The summed E-state index contributed by atoms with van der Waals surface area (Å²) in [5, 5.41) is 12.6. The number of aliphatic hydroxyl groups is 1. The highest BCUT2D eigenvalue weighted by atomic mass is 35.5. The molecule has 0 aliphatic carbocycles. The summed E-state index contributed by atoms with van der Waals surface area (Å²) in [7, 11) is 0. The van der Waals surface area contributed by atoms with Gasteiger partial charge in [0.25, 0.3) is 0 Å². The third-order valence-electron chi connectivity index (χ3n) is 1.97. The Morgan fingerprint density at radius 2 is 2.29 bits per heavy atom. The highest BCUT2D eigenvalue weighted by Gasteiger charge is 2.02. The van der Waals surface area contributed by atoms with E-state index >= 15 is 0 Å². The van der Waals surface area contributed by atoms with Crippen LogP contribution in [0.3, 0.4) is 0 Å². The van der Waals surface area contributed by atoms with Crippen LogP contribution in [0.25, 0.3) is 0 Å². The summed E-state index contributed by atoms with van der Waals surface area (Å²) < 4.78 is 0. The lowest BCUT2D eigenvalue weighted by Crippen LogP contribution is -2.15. The van der Waals surface area contributed by atoms with Gasteiger partial charge in [0.05, 0.1) is 11.4 Å². The molecule has 0 spiro atoms. The van der Waals surface area contributed by atoms with Gasteiger partial charge < -0.3 is 16.2 Å². The molecule has 0 radical (unpaired) electrons. The average molecular weight is 215 g/mol. The van der Waals surface area contributed by atoms with Crippen molar-refractivity contribution in [3.8, 4) is 0 Å². The van der Waals surface area contributed by atoms with Crippen molar-refractivity contribution >= 4 is 23.0 Å². The number of nitrogen functional groups attached to an aromatic ring is 1. The fourth-order valence-electron chi connectivity index (χ4n) is 1.04. The van der Waals surface area contributed by atoms with Crippen molar-refractivity contribution in [1.29, 1.82) is 0 Å². The molecular formula is C10H15ClN2O. The fourth-order valence-corrected chi connectivity index (χ4v) is 1.22. The van der Waals surface area contributed by atoms with E-state index in [0.717, 1.165) is 5.69 Å². The summed E-state index contributed by atoms with van der Waals surface area (Å²) >= 11 is 5.76. The largest absolute Gasteiger partial charge is 0.397 e. The monoisotopic (exact) mass is 214 g/mol. The van der Waals surface area contributed by atoms with Crippen LogP contribution in [-0.2, 0) is 0 Å². The Balaban J connectivity index is 2.59. The highest BCUT2D eigenvalue weighted by molar-refractivity contribution is 6.31. The van der Waals surface area contributed by atoms with Gasteiger partial charge in [-0.2, -0.15) is 0 Å². The Hall–Kier alpha value is -0.930. The van der Waals surface area contributed by atoms with Crippen molar-refractivity contribution in [2.45, 2.75) is 6.92 Å². The van der Waals surface area contributed by atoms with E-state index < -0.39 is 0 Å². The summed E-state index contributed by atoms with van der Waals surface area (Å²) in [6.45, 7) is 2.82. The molecule has 1 unspecified atom stereocenters. The van der Waals surface area contributed by atoms with E-state index in [0.29, 0.717) is 17.3 Å². The van der Waals surface area contributed by atoms with E-state index in [-0.39, 0.29) is 12.5 Å². The summed E-state index contributed by atoms with van der Waals surface area (Å²) in [5.41, 5.74) is 7.22. The molecule has 1 aromatic carbocycles. The number of nitrogens with one attached hydrogen (secondary N) is 1. The first kappa shape index (κ1) is 11.1. The van der Waals surface area contributed by atoms with Crippen molar-refractivity contribution in [2.24, 2.45) is 5.92 Å². The van der Waals surface area contributed by atoms with Crippen molar-refractivity contribution in [3.05, 3.63) is 23.2 Å². The van der Waals surface area contributed by atoms with Gasteiger partial charge in [0.1, 0.15) is 0 Å². The van der Waals surface area contributed by atoms with Crippen molar-refractivity contribution in [1.82, 2.24) is 0 Å². The van der Waals surface area contributed by atoms with Gasteiger partial charge in [0.2, 0.25) is 0 Å². The van der Waals surface area contributed by atoms with Crippen molar-refractivity contribution < 1.29 is 5.11 Å². The summed E-state index contributed by atoms with van der Waals surface area (Å²) in [5.74, 6) is 0.213. The van der Waals surface area contributed by atoms with E-state index in [1.54, 1.807) is 12.1 Å². The molecule has 1 aromatic rings. The second-order valence-corrected chi connectivity index (χ2v) is 3.84. The molecule has 1 rings (SSSR count). The molecule has 0 aliphatic rings. The van der Waals surface area contributed by atoms with Crippen LogP contribution in [0.5, 0.6) is 0 Å². The number of anilines is 2. The molecular weight excluding hydrogens is 200 g/mol. The van der Waals surface area contributed by atoms with Gasteiger partial charge in [0, 0.05) is 18.2 Å². The minimum Gasteiger partial charge on any atom is -0.397 e. The summed E-state index contributed by atoms with van der Waals surface area (Å²) in [6, 6.07) is 5.32. The molecule has 4 heteroatoms. The molecule has 0 saturated heterocycles. The van der Waals surface area contributed by atoms with Crippen LogP contribution in [0.1, 0.15) is 6.92 Å².